The van der Waals surface area contributed by atoms with Gasteiger partial charge in [-0.15, -0.1) is 11.3 Å². The lowest BCUT2D eigenvalue weighted by molar-refractivity contribution is 0.590. The first-order valence-electron chi connectivity index (χ1n) is 6.18. The number of anilines is 1. The number of nitrogens with zero attached hydrogens (tertiary/aromatic N) is 2. The summed E-state index contributed by atoms with van der Waals surface area (Å²) in [5, 5.41) is 2.11. The number of hydrogen-bond acceptors (Lipinski definition) is 3. The van der Waals surface area contributed by atoms with E-state index in [0.29, 0.717) is 6.04 Å². The molecule has 1 atom stereocenters. The van der Waals surface area contributed by atoms with Crippen molar-refractivity contribution in [3.8, 4) is 0 Å². The highest BCUT2D eigenvalue weighted by Crippen LogP contribution is 2.27. The monoisotopic (exact) mass is 269 g/mol. The number of thiophene rings is 1. The molecule has 2 heterocycles. The third-order valence-corrected chi connectivity index (χ3v) is 4.14. The Morgan fingerprint density at radius 1 is 1.21 bits per heavy atom. The standard InChI is InChI=1S/C15H15N3S/c16-13-5-3-12(4-6-13)10-14(15-2-1-9-19-15)18-8-7-17-11-18/h1-9,11,14H,10,16H2. The van der Waals surface area contributed by atoms with E-state index in [4.69, 9.17) is 5.73 Å². The maximum atomic E-state index is 5.73. The summed E-state index contributed by atoms with van der Waals surface area (Å²) in [6.45, 7) is 0. The van der Waals surface area contributed by atoms with Crippen molar-refractivity contribution in [1.29, 1.82) is 0 Å². The van der Waals surface area contributed by atoms with Gasteiger partial charge in [0.1, 0.15) is 0 Å². The largest absolute Gasteiger partial charge is 0.399 e. The van der Waals surface area contributed by atoms with Crippen molar-refractivity contribution in [1.82, 2.24) is 9.55 Å². The van der Waals surface area contributed by atoms with E-state index in [0.717, 1.165) is 12.1 Å². The van der Waals surface area contributed by atoms with Crippen molar-refractivity contribution < 1.29 is 0 Å². The molecule has 1 aromatic carbocycles. The molecule has 1 unspecified atom stereocenters. The second-order valence-corrected chi connectivity index (χ2v) is 5.47. The molecule has 19 heavy (non-hydrogen) atoms. The predicted octanol–water partition coefficient (Wildman–Crippen LogP) is 3.36. The lowest BCUT2D eigenvalue weighted by Gasteiger charge is -2.17. The molecule has 0 amide bonds. The quantitative estimate of drug-likeness (QED) is 0.738. The zero-order valence-corrected chi connectivity index (χ0v) is 11.3. The molecular formula is C15H15N3S. The lowest BCUT2D eigenvalue weighted by Crippen LogP contribution is -2.10. The average Bonchev–Trinajstić information content (AvgIpc) is 3.11. The van der Waals surface area contributed by atoms with Crippen molar-refractivity contribution in [3.05, 3.63) is 70.9 Å². The van der Waals surface area contributed by atoms with Gasteiger partial charge in [-0.2, -0.15) is 0 Å². The maximum absolute atomic E-state index is 5.73. The summed E-state index contributed by atoms with van der Waals surface area (Å²) in [6.07, 6.45) is 6.66. The second-order valence-electron chi connectivity index (χ2n) is 4.49. The van der Waals surface area contributed by atoms with Gasteiger partial charge in [0.25, 0.3) is 0 Å². The number of nitrogens with two attached hydrogens (primary N) is 1. The van der Waals surface area contributed by atoms with Crippen LogP contribution >= 0.6 is 11.3 Å². The number of nitrogen functional groups attached to an aromatic ring is 1. The van der Waals surface area contributed by atoms with Crippen LogP contribution in [0.25, 0.3) is 0 Å². The van der Waals surface area contributed by atoms with E-state index >= 15 is 0 Å². The molecule has 0 radical (unpaired) electrons. The Hall–Kier alpha value is -2.07. The van der Waals surface area contributed by atoms with Gasteiger partial charge in [0.05, 0.1) is 12.4 Å². The third-order valence-electron chi connectivity index (χ3n) is 3.17. The van der Waals surface area contributed by atoms with E-state index in [1.54, 1.807) is 11.3 Å². The Bertz CT molecular complexity index is 578. The zero-order valence-electron chi connectivity index (χ0n) is 10.4. The van der Waals surface area contributed by atoms with E-state index in [1.807, 2.05) is 30.9 Å². The minimum Gasteiger partial charge on any atom is -0.399 e. The van der Waals surface area contributed by atoms with Gasteiger partial charge in [-0.05, 0) is 35.6 Å². The normalized spacial score (nSPS) is 12.4. The van der Waals surface area contributed by atoms with Crippen LogP contribution in [0.4, 0.5) is 5.69 Å². The fourth-order valence-corrected chi connectivity index (χ4v) is 3.00. The van der Waals surface area contributed by atoms with Crippen LogP contribution in [0, 0.1) is 0 Å². The summed E-state index contributed by atoms with van der Waals surface area (Å²) in [5.74, 6) is 0. The van der Waals surface area contributed by atoms with Crippen LogP contribution < -0.4 is 5.73 Å². The van der Waals surface area contributed by atoms with E-state index in [9.17, 15) is 0 Å². The van der Waals surface area contributed by atoms with Gasteiger partial charge in [0, 0.05) is 23.0 Å². The molecule has 0 aliphatic heterocycles. The molecule has 0 aliphatic rings. The smallest absolute Gasteiger partial charge is 0.0952 e. The van der Waals surface area contributed by atoms with E-state index < -0.39 is 0 Å². The highest BCUT2D eigenvalue weighted by Gasteiger charge is 2.14. The van der Waals surface area contributed by atoms with Crippen LogP contribution in [-0.2, 0) is 6.42 Å². The topological polar surface area (TPSA) is 43.8 Å². The summed E-state index contributed by atoms with van der Waals surface area (Å²) in [6, 6.07) is 12.6. The number of hydrogen-bond donors (Lipinski definition) is 1. The number of rotatable bonds is 4. The lowest BCUT2D eigenvalue weighted by atomic mass is 10.0. The molecule has 3 rings (SSSR count). The second kappa shape index (κ2) is 5.28. The Morgan fingerprint density at radius 3 is 2.68 bits per heavy atom. The van der Waals surface area contributed by atoms with Gasteiger partial charge < -0.3 is 10.3 Å². The summed E-state index contributed by atoms with van der Waals surface area (Å²) < 4.78 is 2.15. The van der Waals surface area contributed by atoms with Gasteiger partial charge >= 0.3 is 0 Å². The van der Waals surface area contributed by atoms with Crippen LogP contribution in [0.5, 0.6) is 0 Å². The molecule has 3 aromatic rings. The fourth-order valence-electron chi connectivity index (χ4n) is 2.16. The average molecular weight is 269 g/mol. The Labute approximate surface area is 116 Å². The van der Waals surface area contributed by atoms with Crippen LogP contribution in [0.1, 0.15) is 16.5 Å². The van der Waals surface area contributed by atoms with Crippen molar-refractivity contribution in [2.45, 2.75) is 12.5 Å². The first kappa shape index (κ1) is 12.0. The molecule has 0 fully saturated rings. The molecule has 0 saturated carbocycles. The molecule has 96 valence electrons. The van der Waals surface area contributed by atoms with Crippen LogP contribution in [0.15, 0.2) is 60.5 Å². The maximum Gasteiger partial charge on any atom is 0.0952 e. The molecule has 2 N–H and O–H groups in total. The summed E-state index contributed by atoms with van der Waals surface area (Å²) in [7, 11) is 0. The number of benzene rings is 1. The summed E-state index contributed by atoms with van der Waals surface area (Å²) in [4.78, 5) is 5.50. The predicted molar refractivity (Wildman–Crippen MR) is 79.2 cm³/mol. The van der Waals surface area contributed by atoms with Gasteiger partial charge in [-0.1, -0.05) is 18.2 Å². The fraction of sp³-hybridized carbons (Fsp3) is 0.133. The van der Waals surface area contributed by atoms with Crippen molar-refractivity contribution in [2.75, 3.05) is 5.73 Å². The molecule has 0 aliphatic carbocycles. The molecule has 0 bridgehead atoms. The van der Waals surface area contributed by atoms with E-state index in [1.165, 1.54) is 10.4 Å². The first-order valence-corrected chi connectivity index (χ1v) is 7.06. The molecular weight excluding hydrogens is 254 g/mol. The minimum atomic E-state index is 0.297. The highest BCUT2D eigenvalue weighted by atomic mass is 32.1. The molecule has 0 spiro atoms. The Balaban J connectivity index is 1.90. The van der Waals surface area contributed by atoms with Gasteiger partial charge in [0.2, 0.25) is 0 Å². The number of imidazole rings is 1. The van der Waals surface area contributed by atoms with Gasteiger partial charge in [-0.3, -0.25) is 0 Å². The van der Waals surface area contributed by atoms with Gasteiger partial charge in [-0.25, -0.2) is 4.98 Å². The minimum absolute atomic E-state index is 0.297. The van der Waals surface area contributed by atoms with E-state index in [2.05, 4.69) is 39.2 Å². The molecule has 3 nitrogen and oxygen atoms in total. The van der Waals surface area contributed by atoms with Gasteiger partial charge in [0.15, 0.2) is 0 Å². The van der Waals surface area contributed by atoms with Crippen LogP contribution in [0.2, 0.25) is 0 Å². The number of aromatic nitrogens is 2. The molecule has 2 aromatic heterocycles. The van der Waals surface area contributed by atoms with Crippen molar-refractivity contribution in [3.63, 3.8) is 0 Å². The van der Waals surface area contributed by atoms with Crippen LogP contribution in [0.3, 0.4) is 0 Å². The third kappa shape index (κ3) is 2.69. The Kier molecular flexibility index (Phi) is 3.33. The highest BCUT2D eigenvalue weighted by molar-refractivity contribution is 7.10. The van der Waals surface area contributed by atoms with Crippen molar-refractivity contribution in [2.24, 2.45) is 0 Å². The SMILES string of the molecule is Nc1ccc(CC(c2cccs2)n2ccnc2)cc1. The van der Waals surface area contributed by atoms with Crippen LogP contribution in [-0.4, -0.2) is 9.55 Å². The Morgan fingerprint density at radius 2 is 2.05 bits per heavy atom. The summed E-state index contributed by atoms with van der Waals surface area (Å²) >= 11 is 1.78. The zero-order chi connectivity index (χ0) is 13.1. The molecule has 0 saturated heterocycles. The van der Waals surface area contributed by atoms with E-state index in [-0.39, 0.29) is 0 Å². The summed E-state index contributed by atoms with van der Waals surface area (Å²) in [5.41, 5.74) is 7.82. The first-order chi connectivity index (χ1) is 9.33. The molecule has 4 heteroatoms. The van der Waals surface area contributed by atoms with Crippen molar-refractivity contribution >= 4 is 17.0 Å².